The van der Waals surface area contributed by atoms with E-state index in [9.17, 15) is 0 Å². The summed E-state index contributed by atoms with van der Waals surface area (Å²) in [6.07, 6.45) is 0. The molecule has 0 unspecified atom stereocenters. The van der Waals surface area contributed by atoms with Crippen LogP contribution in [0, 0.1) is 0 Å². The molecule has 46 heavy (non-hydrogen) atoms. The molecule has 9 aromatic rings. The maximum Gasteiger partial charge on any atom is 0.164 e. The van der Waals surface area contributed by atoms with Crippen LogP contribution in [0.4, 0.5) is 0 Å². The van der Waals surface area contributed by atoms with Crippen molar-refractivity contribution in [2.75, 3.05) is 0 Å². The minimum atomic E-state index is 0.605. The van der Waals surface area contributed by atoms with Crippen LogP contribution in [-0.2, 0) is 0 Å². The van der Waals surface area contributed by atoms with E-state index in [4.69, 9.17) is 24.4 Å². The molecule has 0 amide bonds. The summed E-state index contributed by atoms with van der Waals surface area (Å²) in [5.41, 5.74) is 8.66. The maximum absolute atomic E-state index is 6.47. The molecule has 9 rings (SSSR count). The largest absolute Gasteiger partial charge is 0.456 e. The molecule has 0 bridgehead atoms. The van der Waals surface area contributed by atoms with Gasteiger partial charge in [-0.05, 0) is 41.5 Å². The van der Waals surface area contributed by atoms with Gasteiger partial charge in [-0.1, -0.05) is 115 Å². The average molecular weight is 609 g/mol. The first kappa shape index (κ1) is 26.4. The van der Waals surface area contributed by atoms with Gasteiger partial charge in [-0.15, -0.1) is 11.3 Å². The molecule has 0 radical (unpaired) electrons. The normalized spacial score (nSPS) is 11.5. The molecule has 5 nitrogen and oxygen atoms in total. The summed E-state index contributed by atoms with van der Waals surface area (Å²) in [5.74, 6) is 1.86. The molecule has 3 heterocycles. The molecule has 0 spiro atoms. The first-order valence-electron chi connectivity index (χ1n) is 15.1. The van der Waals surface area contributed by atoms with Gasteiger partial charge in [-0.3, -0.25) is 0 Å². The second-order valence-electron chi connectivity index (χ2n) is 11.1. The Morgan fingerprint density at radius 1 is 0.435 bits per heavy atom. The number of furan rings is 1. The lowest BCUT2D eigenvalue weighted by Crippen LogP contribution is -2.00. The van der Waals surface area contributed by atoms with Gasteiger partial charge in [0.2, 0.25) is 0 Å². The highest BCUT2D eigenvalue weighted by atomic mass is 32.1. The minimum absolute atomic E-state index is 0.605. The van der Waals surface area contributed by atoms with Crippen LogP contribution in [-0.4, -0.2) is 19.9 Å². The number of benzene rings is 6. The van der Waals surface area contributed by atoms with E-state index in [2.05, 4.69) is 54.6 Å². The molecule has 0 aliphatic heterocycles. The van der Waals surface area contributed by atoms with E-state index in [1.165, 1.54) is 4.70 Å². The van der Waals surface area contributed by atoms with Crippen molar-refractivity contribution < 1.29 is 4.42 Å². The van der Waals surface area contributed by atoms with Crippen molar-refractivity contribution in [1.29, 1.82) is 0 Å². The minimum Gasteiger partial charge on any atom is -0.456 e. The number of hydrogen-bond donors (Lipinski definition) is 0. The third kappa shape index (κ3) is 4.64. The van der Waals surface area contributed by atoms with Crippen LogP contribution >= 0.6 is 11.3 Å². The second-order valence-corrected chi connectivity index (χ2v) is 12.1. The van der Waals surface area contributed by atoms with Gasteiger partial charge in [-0.25, -0.2) is 19.9 Å². The number of fused-ring (bicyclic) bond motifs is 4. The smallest absolute Gasteiger partial charge is 0.164 e. The molecule has 6 aromatic carbocycles. The van der Waals surface area contributed by atoms with E-state index < -0.39 is 0 Å². The summed E-state index contributed by atoms with van der Waals surface area (Å²) in [4.78, 5) is 19.8. The first-order chi connectivity index (χ1) is 22.8. The molecule has 0 atom stereocenters. The highest BCUT2D eigenvalue weighted by molar-refractivity contribution is 7.21. The van der Waals surface area contributed by atoms with Gasteiger partial charge in [0.25, 0.3) is 0 Å². The monoisotopic (exact) mass is 608 g/mol. The van der Waals surface area contributed by atoms with Crippen molar-refractivity contribution >= 4 is 43.5 Å². The molecule has 0 aliphatic carbocycles. The van der Waals surface area contributed by atoms with Gasteiger partial charge in [-0.2, -0.15) is 0 Å². The van der Waals surface area contributed by atoms with Gasteiger partial charge < -0.3 is 4.42 Å². The standard InChI is InChI=1S/C40H24N4OS/c1-4-11-25(12-5-1)37-42-38(26-13-6-2-7-14-26)44-39(43-37)31-17-10-18-33-36(31)30-21-19-29(24-34(30)45-33)28-20-22-35-32(23-28)41-40(46-35)27-15-8-3-9-16-27/h1-24H. The van der Waals surface area contributed by atoms with Crippen LogP contribution in [0.3, 0.4) is 0 Å². The topological polar surface area (TPSA) is 64.7 Å². The van der Waals surface area contributed by atoms with Crippen molar-refractivity contribution in [3.8, 4) is 55.9 Å². The number of nitrogens with zero attached hydrogens (tertiary/aromatic N) is 4. The highest BCUT2D eigenvalue weighted by Crippen LogP contribution is 2.39. The van der Waals surface area contributed by atoms with Crippen LogP contribution in [0.2, 0.25) is 0 Å². The van der Waals surface area contributed by atoms with E-state index in [1.807, 2.05) is 91.0 Å². The Bertz CT molecular complexity index is 2470. The Morgan fingerprint density at radius 3 is 1.74 bits per heavy atom. The number of hydrogen-bond acceptors (Lipinski definition) is 6. The van der Waals surface area contributed by atoms with E-state index in [0.29, 0.717) is 17.5 Å². The lowest BCUT2D eigenvalue weighted by atomic mass is 10.0. The van der Waals surface area contributed by atoms with Crippen LogP contribution in [0.1, 0.15) is 0 Å². The summed E-state index contributed by atoms with van der Waals surface area (Å²) in [6.45, 7) is 0. The number of rotatable bonds is 5. The fourth-order valence-corrected chi connectivity index (χ4v) is 6.88. The van der Waals surface area contributed by atoms with Crippen molar-refractivity contribution in [2.45, 2.75) is 0 Å². The Balaban J connectivity index is 1.17. The summed E-state index contributed by atoms with van der Waals surface area (Å²) >= 11 is 1.71. The summed E-state index contributed by atoms with van der Waals surface area (Å²) in [6, 6.07) is 49.3. The second kappa shape index (κ2) is 10.9. The van der Waals surface area contributed by atoms with Crippen molar-refractivity contribution in [3.63, 3.8) is 0 Å². The average Bonchev–Trinajstić information content (AvgIpc) is 3.73. The molecule has 3 aromatic heterocycles. The van der Waals surface area contributed by atoms with Gasteiger partial charge in [0, 0.05) is 33.0 Å². The van der Waals surface area contributed by atoms with Crippen molar-refractivity contribution in [1.82, 2.24) is 19.9 Å². The third-order valence-electron chi connectivity index (χ3n) is 8.18. The predicted molar refractivity (Wildman–Crippen MR) is 187 cm³/mol. The Hall–Kier alpha value is -5.98. The van der Waals surface area contributed by atoms with E-state index in [-0.39, 0.29) is 0 Å². The van der Waals surface area contributed by atoms with E-state index in [1.54, 1.807) is 11.3 Å². The fourth-order valence-electron chi connectivity index (χ4n) is 5.93. The molecule has 216 valence electrons. The summed E-state index contributed by atoms with van der Waals surface area (Å²) < 4.78 is 7.64. The lowest BCUT2D eigenvalue weighted by molar-refractivity contribution is 0.669. The molecule has 6 heteroatoms. The first-order valence-corrected chi connectivity index (χ1v) is 15.9. The van der Waals surface area contributed by atoms with E-state index >= 15 is 0 Å². The maximum atomic E-state index is 6.47. The molecule has 0 fully saturated rings. The third-order valence-corrected chi connectivity index (χ3v) is 9.26. The number of aromatic nitrogens is 4. The zero-order chi connectivity index (χ0) is 30.5. The molecule has 0 aliphatic rings. The van der Waals surface area contributed by atoms with Crippen molar-refractivity contribution in [2.24, 2.45) is 0 Å². The van der Waals surface area contributed by atoms with Gasteiger partial charge >= 0.3 is 0 Å². The summed E-state index contributed by atoms with van der Waals surface area (Å²) in [5, 5.41) is 3.02. The SMILES string of the molecule is c1ccc(-c2nc(-c3ccccc3)nc(-c3cccc4oc5cc(-c6ccc7sc(-c8ccccc8)nc7c6)ccc5c34)n2)cc1. The highest BCUT2D eigenvalue weighted by Gasteiger charge is 2.18. The van der Waals surface area contributed by atoms with E-state index in [0.717, 1.165) is 65.8 Å². The van der Waals surface area contributed by atoms with Crippen LogP contribution in [0.15, 0.2) is 150 Å². The van der Waals surface area contributed by atoms with Crippen LogP contribution < -0.4 is 0 Å². The fraction of sp³-hybridized carbons (Fsp3) is 0. The van der Waals surface area contributed by atoms with Gasteiger partial charge in [0.1, 0.15) is 16.2 Å². The molecule has 0 saturated heterocycles. The molecular formula is C40H24N4OS. The zero-order valence-corrected chi connectivity index (χ0v) is 25.3. The van der Waals surface area contributed by atoms with Crippen molar-refractivity contribution in [3.05, 3.63) is 146 Å². The molecule has 0 N–H and O–H groups in total. The molecular weight excluding hydrogens is 585 g/mol. The van der Waals surface area contributed by atoms with Gasteiger partial charge in [0.05, 0.1) is 10.2 Å². The Kier molecular flexibility index (Phi) is 6.25. The predicted octanol–water partition coefficient (Wildman–Crippen LogP) is 10.7. The van der Waals surface area contributed by atoms with Gasteiger partial charge in [0.15, 0.2) is 17.5 Å². The number of thiazole rings is 1. The summed E-state index contributed by atoms with van der Waals surface area (Å²) in [7, 11) is 0. The van der Waals surface area contributed by atoms with Crippen LogP contribution in [0.5, 0.6) is 0 Å². The lowest BCUT2D eigenvalue weighted by Gasteiger charge is -2.09. The quantitative estimate of drug-likeness (QED) is 0.194. The Labute approximate surface area is 268 Å². The van der Waals surface area contributed by atoms with Crippen LogP contribution in [0.25, 0.3) is 88.0 Å². The Morgan fingerprint density at radius 2 is 1.04 bits per heavy atom. The molecule has 0 saturated carbocycles. The zero-order valence-electron chi connectivity index (χ0n) is 24.5.